The molecule has 0 aliphatic heterocycles. The van der Waals surface area contributed by atoms with Crippen LogP contribution in [0.1, 0.15) is 11.1 Å². The van der Waals surface area contributed by atoms with E-state index in [9.17, 15) is 9.59 Å². The first kappa shape index (κ1) is 32.2. The number of anilines is 1. The predicted molar refractivity (Wildman–Crippen MR) is 177 cm³/mol. The number of esters is 1. The summed E-state index contributed by atoms with van der Waals surface area (Å²) in [6.45, 7) is -0.336. The second-order valence-corrected chi connectivity index (χ2v) is 12.1. The molecule has 1 unspecified atom stereocenters. The van der Waals surface area contributed by atoms with Gasteiger partial charge in [-0.3, -0.25) is 19.5 Å². The van der Waals surface area contributed by atoms with Crippen molar-refractivity contribution in [1.82, 2.24) is 15.6 Å². The minimum Gasteiger partial charge on any atom is -0.443 e. The Hall–Kier alpha value is -3.73. The van der Waals surface area contributed by atoms with E-state index < -0.39 is 27.9 Å². The van der Waals surface area contributed by atoms with Gasteiger partial charge in [-0.05, 0) is 48.0 Å². The van der Waals surface area contributed by atoms with Crippen LogP contribution in [0.4, 0.5) is 5.69 Å². The number of pyridine rings is 1. The molecule has 1 amide bonds. The molecule has 4 aromatic rings. The normalized spacial score (nSPS) is 12.8. The van der Waals surface area contributed by atoms with Crippen LogP contribution >= 0.6 is 47.0 Å². The van der Waals surface area contributed by atoms with E-state index in [1.54, 1.807) is 30.5 Å². The fourth-order valence-electron chi connectivity index (χ4n) is 4.06. The molecule has 222 valence electrons. The van der Waals surface area contributed by atoms with Crippen LogP contribution in [0.15, 0.2) is 103 Å². The average molecular weight is 657 g/mol. The van der Waals surface area contributed by atoms with Crippen molar-refractivity contribution in [2.45, 2.75) is 22.4 Å². The van der Waals surface area contributed by atoms with Crippen molar-refractivity contribution in [3.05, 3.63) is 114 Å². The van der Waals surface area contributed by atoms with Crippen LogP contribution in [0, 0.1) is 0 Å². The third kappa shape index (κ3) is 9.38. The lowest BCUT2D eigenvalue weighted by molar-refractivity contribution is -0.144. The molecule has 0 radical (unpaired) electrons. The highest BCUT2D eigenvalue weighted by Crippen LogP contribution is 2.30. The molecule has 0 bridgehead atoms. The zero-order valence-corrected chi connectivity index (χ0v) is 25.8. The first-order valence-electron chi connectivity index (χ1n) is 13.1. The molecule has 0 aliphatic carbocycles. The maximum atomic E-state index is 12.9. The highest BCUT2D eigenvalue weighted by Gasteiger charge is 2.35. The Morgan fingerprint density at radius 2 is 1.63 bits per heavy atom. The van der Waals surface area contributed by atoms with E-state index in [-0.39, 0.29) is 18.3 Å². The molecule has 0 fully saturated rings. The Morgan fingerprint density at radius 1 is 0.953 bits per heavy atom. The van der Waals surface area contributed by atoms with Crippen molar-refractivity contribution in [2.24, 2.45) is 5.73 Å². The van der Waals surface area contributed by atoms with Crippen molar-refractivity contribution >= 4 is 86.7 Å². The molecular formula is C31H28Cl3N5O3S. The number of para-hydroxylation sites is 1. The monoisotopic (exact) mass is 655 g/mol. The number of hydrogen-bond acceptors (Lipinski definition) is 6. The summed E-state index contributed by atoms with van der Waals surface area (Å²) in [7, 11) is 0. The molecule has 0 spiro atoms. The molecule has 8 nitrogen and oxygen atoms in total. The maximum absolute atomic E-state index is 12.9. The summed E-state index contributed by atoms with van der Waals surface area (Å²) in [5.74, 6) is -1.17. The topological polar surface area (TPSA) is 110 Å². The number of rotatable bonds is 10. The number of alkyl halides is 3. The van der Waals surface area contributed by atoms with Crippen LogP contribution in [0.5, 0.6) is 0 Å². The molecule has 43 heavy (non-hydrogen) atoms. The largest absolute Gasteiger partial charge is 0.443 e. The van der Waals surface area contributed by atoms with Gasteiger partial charge < -0.3 is 21.1 Å². The van der Waals surface area contributed by atoms with Crippen LogP contribution < -0.4 is 21.3 Å². The molecule has 1 aromatic heterocycles. The zero-order chi connectivity index (χ0) is 30.8. The molecule has 4 N–H and O–H groups in total. The number of nitrogens with zero attached hydrogens (tertiary/aromatic N) is 2. The Labute approximate surface area is 269 Å². The maximum Gasteiger partial charge on any atom is 0.324 e. The fraction of sp³-hybridized carbons (Fsp3) is 0.161. The summed E-state index contributed by atoms with van der Waals surface area (Å²) in [6, 6.07) is 26.8. The molecule has 1 heterocycles. The smallest absolute Gasteiger partial charge is 0.324 e. The number of halogens is 3. The van der Waals surface area contributed by atoms with E-state index in [2.05, 4.69) is 15.6 Å². The third-order valence-electron chi connectivity index (χ3n) is 6.19. The quantitative estimate of drug-likeness (QED) is 0.0674. The Balaban J connectivity index is 1.54. The first-order valence-corrected chi connectivity index (χ1v) is 14.6. The highest BCUT2D eigenvalue weighted by molar-refractivity contribution is 7.80. The lowest BCUT2D eigenvalue weighted by Gasteiger charge is -2.32. The Morgan fingerprint density at radius 3 is 2.33 bits per heavy atom. The van der Waals surface area contributed by atoms with Gasteiger partial charge in [0.05, 0.1) is 11.2 Å². The summed E-state index contributed by atoms with van der Waals surface area (Å²) in [6.07, 6.45) is 3.59. The molecule has 0 aliphatic rings. The molecule has 3 aromatic carbocycles. The van der Waals surface area contributed by atoms with Gasteiger partial charge in [-0.1, -0.05) is 114 Å². The van der Waals surface area contributed by atoms with Crippen molar-refractivity contribution in [3.8, 4) is 0 Å². The lowest BCUT2D eigenvalue weighted by atomic mass is 10.1. The lowest BCUT2D eigenvalue weighted by Crippen LogP contribution is -2.58. The summed E-state index contributed by atoms with van der Waals surface area (Å²) in [5, 5.41) is 6.32. The Bertz CT molecular complexity index is 1580. The van der Waals surface area contributed by atoms with Gasteiger partial charge in [-0.15, -0.1) is 0 Å². The number of amides is 1. The van der Waals surface area contributed by atoms with Crippen molar-refractivity contribution < 1.29 is 14.3 Å². The summed E-state index contributed by atoms with van der Waals surface area (Å²) in [5.41, 5.74) is 8.94. The molecule has 12 heteroatoms. The molecular weight excluding hydrogens is 629 g/mol. The van der Waals surface area contributed by atoms with Crippen molar-refractivity contribution in [3.63, 3.8) is 0 Å². The van der Waals surface area contributed by atoms with Gasteiger partial charge in [0.2, 0.25) is 9.70 Å². The summed E-state index contributed by atoms with van der Waals surface area (Å²) in [4.78, 5) is 31.6. The van der Waals surface area contributed by atoms with E-state index in [1.807, 2.05) is 72.8 Å². The number of aromatic nitrogens is 1. The second-order valence-electron chi connectivity index (χ2n) is 9.35. The minimum atomic E-state index is -2.02. The van der Waals surface area contributed by atoms with Crippen LogP contribution in [0.3, 0.4) is 0 Å². The predicted octanol–water partition coefficient (Wildman–Crippen LogP) is 5.51. The van der Waals surface area contributed by atoms with Gasteiger partial charge in [-0.2, -0.15) is 0 Å². The van der Waals surface area contributed by atoms with Gasteiger partial charge in [0.1, 0.15) is 12.2 Å². The van der Waals surface area contributed by atoms with Crippen LogP contribution in [0.25, 0.3) is 17.0 Å². The number of ether oxygens (including phenoxy) is 1. The fourth-order valence-corrected chi connectivity index (χ4v) is 4.65. The minimum absolute atomic E-state index is 0.00810. The van der Waals surface area contributed by atoms with E-state index in [4.69, 9.17) is 57.5 Å². The number of carbonyl (C=O) groups excluding carboxylic acids is 2. The molecule has 0 saturated heterocycles. The number of benzene rings is 3. The van der Waals surface area contributed by atoms with Crippen LogP contribution in [0.2, 0.25) is 0 Å². The van der Waals surface area contributed by atoms with Gasteiger partial charge in [0.15, 0.2) is 11.8 Å². The number of thiocarbonyl (C=S) groups is 1. The number of fused-ring (bicyclic) bond motifs is 1. The second kappa shape index (κ2) is 15.1. The number of nitrogens with one attached hydrogen (secondary N) is 2. The van der Waals surface area contributed by atoms with Gasteiger partial charge in [-0.25, -0.2) is 0 Å². The van der Waals surface area contributed by atoms with Crippen LogP contribution in [-0.4, -0.2) is 44.7 Å². The van der Waals surface area contributed by atoms with Crippen molar-refractivity contribution in [1.29, 1.82) is 0 Å². The SMILES string of the molecule is N[C@@H](Cc1ccccc1)C(=O)OCN(C(=S)NC(NC(=O)/C=C/c1ccccc1)C(Cl)(Cl)Cl)c1cccc2cccnc12. The Kier molecular flexibility index (Phi) is 11.3. The van der Waals surface area contributed by atoms with E-state index >= 15 is 0 Å². The third-order valence-corrected chi connectivity index (χ3v) is 7.19. The zero-order valence-electron chi connectivity index (χ0n) is 22.7. The van der Waals surface area contributed by atoms with Gasteiger partial charge in [0.25, 0.3) is 0 Å². The standard InChI is InChI=1S/C31H28Cl3N5O3S/c32-31(33,34)29(37-26(40)17-16-21-9-3-1-4-10-21)38-30(43)39(25-15-7-13-23-14-8-18-36-27(23)25)20-42-28(41)24(35)19-22-11-5-2-6-12-22/h1-18,24,29H,19-20,35H2,(H,37,40)(H,38,43)/b17-16+/t24-,29?/m0/s1. The van der Waals surface area contributed by atoms with Crippen LogP contribution in [-0.2, 0) is 20.7 Å². The summed E-state index contributed by atoms with van der Waals surface area (Å²) < 4.78 is 3.59. The average Bonchev–Trinajstić information content (AvgIpc) is 3.00. The number of hydrogen-bond donors (Lipinski definition) is 3. The molecule has 0 saturated carbocycles. The highest BCUT2D eigenvalue weighted by atomic mass is 35.6. The number of carbonyl (C=O) groups is 2. The molecule has 2 atom stereocenters. The summed E-state index contributed by atoms with van der Waals surface area (Å²) >= 11 is 24.4. The van der Waals surface area contributed by atoms with E-state index in [0.29, 0.717) is 11.2 Å². The van der Waals surface area contributed by atoms with Gasteiger partial charge >= 0.3 is 5.97 Å². The molecule has 4 rings (SSSR count). The number of nitrogens with two attached hydrogens (primary N) is 1. The van der Waals surface area contributed by atoms with Gasteiger partial charge in [0, 0.05) is 17.7 Å². The van der Waals surface area contributed by atoms with E-state index in [1.165, 1.54) is 11.0 Å². The first-order chi connectivity index (χ1) is 20.6. The van der Waals surface area contributed by atoms with E-state index in [0.717, 1.165) is 16.5 Å². The van der Waals surface area contributed by atoms with Crippen molar-refractivity contribution in [2.75, 3.05) is 11.6 Å².